The van der Waals surface area contributed by atoms with Gasteiger partial charge in [0.05, 0.1) is 24.3 Å². The van der Waals surface area contributed by atoms with E-state index >= 15 is 0 Å². The van der Waals surface area contributed by atoms with Gasteiger partial charge >= 0.3 is 12.2 Å². The van der Waals surface area contributed by atoms with Gasteiger partial charge in [-0.2, -0.15) is 4.98 Å². The maximum Gasteiger partial charge on any atom is 0.410 e. The van der Waals surface area contributed by atoms with Gasteiger partial charge in [-0.05, 0) is 87.0 Å². The second-order valence-electron chi connectivity index (χ2n) is 17.1. The lowest BCUT2D eigenvalue weighted by molar-refractivity contribution is -0.231. The van der Waals surface area contributed by atoms with Crippen molar-refractivity contribution in [1.29, 1.82) is 0 Å². The lowest BCUT2D eigenvalue weighted by Gasteiger charge is -2.50. The van der Waals surface area contributed by atoms with E-state index in [1.165, 1.54) is 0 Å². The van der Waals surface area contributed by atoms with E-state index in [0.29, 0.717) is 76.4 Å². The molecular formula is C38H57N7O7. The summed E-state index contributed by atoms with van der Waals surface area (Å²) in [5.74, 6) is 1.35. The molecule has 14 heteroatoms. The van der Waals surface area contributed by atoms with Gasteiger partial charge in [-0.15, -0.1) is 0 Å². The monoisotopic (exact) mass is 723 g/mol. The third-order valence-corrected chi connectivity index (χ3v) is 11.1. The Labute approximate surface area is 307 Å². The van der Waals surface area contributed by atoms with Crippen LogP contribution in [0.25, 0.3) is 11.5 Å². The number of amides is 2. The van der Waals surface area contributed by atoms with Crippen molar-refractivity contribution in [3.05, 3.63) is 17.3 Å². The van der Waals surface area contributed by atoms with Gasteiger partial charge in [0.15, 0.2) is 11.5 Å². The highest BCUT2D eigenvalue weighted by Gasteiger charge is 2.61. The number of aromatic nitrogens is 3. The van der Waals surface area contributed by atoms with Gasteiger partial charge in [-0.1, -0.05) is 11.6 Å². The Hall–Kier alpha value is -3.65. The number of ether oxygens (including phenoxy) is 4. The van der Waals surface area contributed by atoms with Crippen LogP contribution < -0.4 is 9.80 Å². The zero-order valence-electron chi connectivity index (χ0n) is 32.2. The summed E-state index contributed by atoms with van der Waals surface area (Å²) in [5.41, 5.74) is 1.23. The minimum atomic E-state index is -0.661. The molecule has 286 valence electrons. The first-order valence-electron chi connectivity index (χ1n) is 19.3. The normalized spacial score (nSPS) is 25.3. The van der Waals surface area contributed by atoms with E-state index in [1.54, 1.807) is 9.80 Å². The number of fused-ring (bicyclic) bond motifs is 3. The molecule has 0 unspecified atom stereocenters. The standard InChI is InChI=1S/C38H57N7O7/c1-26-25-44(34(47)51-36(5,6)7)16-11-17-45(26)32-39-28(24-29(40-32)42-18-20-43(21-19-42)33(46)50-35(2,3)4)30-27-12-10-14-37(31(27)41-52-30)13-8-9-15-38(37)48-22-23-49-38/h24,26H,8-23,25H2,1-7H3/t26-,37-/m0/s1. The smallest absolute Gasteiger partial charge is 0.410 e. The molecule has 2 aliphatic carbocycles. The SMILES string of the molecule is C[C@H]1CN(C(=O)OC(C)(C)C)CCCN1c1nc(-c2onc3c2CCC[C@@]32CCCCC23OCCO3)cc(N2CCN(C(=O)OC(C)(C)C)CC2)n1. The number of anilines is 2. The Balaban J connectivity index is 1.22. The number of hydrogen-bond donors (Lipinski definition) is 0. The van der Waals surface area contributed by atoms with Crippen LogP contribution in [0.3, 0.4) is 0 Å². The first-order valence-corrected chi connectivity index (χ1v) is 19.3. The van der Waals surface area contributed by atoms with Crippen molar-refractivity contribution in [3.63, 3.8) is 0 Å². The Kier molecular flexibility index (Phi) is 9.85. The van der Waals surface area contributed by atoms with Gasteiger partial charge in [0.25, 0.3) is 0 Å². The molecule has 7 rings (SSSR count). The van der Waals surface area contributed by atoms with Crippen LogP contribution in [0, 0.1) is 0 Å². The third-order valence-electron chi connectivity index (χ3n) is 11.1. The third kappa shape index (κ3) is 7.16. The zero-order chi connectivity index (χ0) is 36.9. The Morgan fingerprint density at radius 2 is 1.46 bits per heavy atom. The Bertz CT molecular complexity index is 1620. The van der Waals surface area contributed by atoms with E-state index in [4.69, 9.17) is 38.6 Å². The molecular weight excluding hydrogens is 666 g/mol. The molecule has 0 bridgehead atoms. The molecule has 3 saturated heterocycles. The number of hydrogen-bond acceptors (Lipinski definition) is 12. The van der Waals surface area contributed by atoms with Crippen molar-refractivity contribution in [1.82, 2.24) is 24.9 Å². The van der Waals surface area contributed by atoms with Crippen molar-refractivity contribution in [2.75, 3.05) is 68.8 Å². The van der Waals surface area contributed by atoms with E-state index in [-0.39, 0.29) is 23.6 Å². The van der Waals surface area contributed by atoms with Crippen molar-refractivity contribution in [2.45, 2.75) is 128 Å². The van der Waals surface area contributed by atoms with E-state index in [0.717, 1.165) is 68.4 Å². The molecule has 1 saturated carbocycles. The molecule has 2 aromatic heterocycles. The first-order chi connectivity index (χ1) is 24.7. The van der Waals surface area contributed by atoms with Crippen LogP contribution in [0.15, 0.2) is 10.6 Å². The summed E-state index contributed by atoms with van der Waals surface area (Å²) in [7, 11) is 0. The number of carbonyl (C=O) groups excluding carboxylic acids is 2. The van der Waals surface area contributed by atoms with Crippen LogP contribution in [-0.2, 0) is 30.8 Å². The summed E-state index contributed by atoms with van der Waals surface area (Å²) in [4.78, 5) is 44.3. The molecule has 5 heterocycles. The van der Waals surface area contributed by atoms with Gasteiger partial charge < -0.3 is 43.1 Å². The van der Waals surface area contributed by atoms with Gasteiger partial charge in [-0.3, -0.25) is 0 Å². The van der Waals surface area contributed by atoms with Crippen molar-refractivity contribution >= 4 is 24.0 Å². The quantitative estimate of drug-likeness (QED) is 0.372. The molecule has 2 atom stereocenters. The van der Waals surface area contributed by atoms with Gasteiger partial charge in [0.1, 0.15) is 22.7 Å². The van der Waals surface area contributed by atoms with Crippen LogP contribution >= 0.6 is 0 Å². The Morgan fingerprint density at radius 1 is 0.808 bits per heavy atom. The summed E-state index contributed by atoms with van der Waals surface area (Å²) >= 11 is 0. The predicted molar refractivity (Wildman–Crippen MR) is 194 cm³/mol. The number of carbonyl (C=O) groups is 2. The Morgan fingerprint density at radius 3 is 2.15 bits per heavy atom. The molecule has 2 amide bonds. The highest BCUT2D eigenvalue weighted by atomic mass is 16.7. The fraction of sp³-hybridized carbons (Fsp3) is 0.763. The average molecular weight is 724 g/mol. The lowest BCUT2D eigenvalue weighted by Crippen LogP contribution is -2.56. The minimum absolute atomic E-state index is 0.0761. The molecule has 3 aliphatic heterocycles. The zero-order valence-corrected chi connectivity index (χ0v) is 32.2. The topological polar surface area (TPSA) is 136 Å². The maximum absolute atomic E-state index is 13.1. The van der Waals surface area contributed by atoms with Crippen molar-refractivity contribution < 1.29 is 33.1 Å². The lowest BCUT2D eigenvalue weighted by atomic mass is 9.61. The molecule has 0 radical (unpaired) electrons. The van der Waals surface area contributed by atoms with Gasteiger partial charge in [-0.25, -0.2) is 14.6 Å². The van der Waals surface area contributed by atoms with Crippen LogP contribution in [0.4, 0.5) is 21.4 Å². The van der Waals surface area contributed by atoms with Crippen LogP contribution in [0.2, 0.25) is 0 Å². The van der Waals surface area contributed by atoms with E-state index in [9.17, 15) is 9.59 Å². The van der Waals surface area contributed by atoms with Gasteiger partial charge in [0, 0.05) is 69.9 Å². The number of rotatable bonds is 3. The molecule has 2 aromatic rings. The fourth-order valence-electron chi connectivity index (χ4n) is 8.73. The summed E-state index contributed by atoms with van der Waals surface area (Å²) in [5, 5.41) is 4.82. The summed E-state index contributed by atoms with van der Waals surface area (Å²) in [6, 6.07) is 1.93. The molecule has 14 nitrogen and oxygen atoms in total. The number of piperazine rings is 1. The highest BCUT2D eigenvalue weighted by molar-refractivity contribution is 5.70. The largest absolute Gasteiger partial charge is 0.444 e. The van der Waals surface area contributed by atoms with E-state index in [1.807, 2.05) is 47.6 Å². The van der Waals surface area contributed by atoms with Gasteiger partial charge in [0.2, 0.25) is 5.95 Å². The molecule has 4 fully saturated rings. The molecule has 2 spiro atoms. The summed E-state index contributed by atoms with van der Waals surface area (Å²) in [6.45, 7) is 18.5. The molecule has 0 N–H and O–H groups in total. The second-order valence-corrected chi connectivity index (χ2v) is 17.1. The molecule has 52 heavy (non-hydrogen) atoms. The molecule has 0 aromatic carbocycles. The second kappa shape index (κ2) is 14.0. The van der Waals surface area contributed by atoms with Crippen LogP contribution in [-0.4, -0.2) is 119 Å². The van der Waals surface area contributed by atoms with E-state index in [2.05, 4.69) is 16.7 Å². The van der Waals surface area contributed by atoms with Crippen molar-refractivity contribution in [2.24, 2.45) is 0 Å². The number of nitrogens with zero attached hydrogens (tertiary/aromatic N) is 7. The first kappa shape index (κ1) is 36.7. The highest BCUT2D eigenvalue weighted by Crippen LogP contribution is 2.57. The summed E-state index contributed by atoms with van der Waals surface area (Å²) < 4.78 is 30.6. The average Bonchev–Trinajstić information content (AvgIpc) is 3.70. The summed E-state index contributed by atoms with van der Waals surface area (Å²) in [6.07, 6.45) is 6.88. The fourth-order valence-corrected chi connectivity index (χ4v) is 8.73. The van der Waals surface area contributed by atoms with Crippen molar-refractivity contribution in [3.8, 4) is 11.5 Å². The predicted octanol–water partition coefficient (Wildman–Crippen LogP) is 5.92. The van der Waals surface area contributed by atoms with E-state index < -0.39 is 17.0 Å². The molecule has 5 aliphatic rings. The minimum Gasteiger partial charge on any atom is -0.444 e. The van der Waals surface area contributed by atoms with Crippen LogP contribution in [0.1, 0.15) is 105 Å². The van der Waals surface area contributed by atoms with Crippen LogP contribution in [0.5, 0.6) is 0 Å². The maximum atomic E-state index is 13.1.